The number of ketones is 1. The highest BCUT2D eigenvalue weighted by atomic mass is 32.1. The molecule has 2 aromatic rings. The van der Waals surface area contributed by atoms with E-state index in [1.165, 1.54) is 16.0 Å². The lowest BCUT2D eigenvalue weighted by Gasteiger charge is -2.05. The molecule has 2 rings (SSSR count). The monoisotopic (exact) mass is 258 g/mol. The summed E-state index contributed by atoms with van der Waals surface area (Å²) >= 11 is 1.62. The van der Waals surface area contributed by atoms with Crippen LogP contribution in [0.15, 0.2) is 30.3 Å². The van der Waals surface area contributed by atoms with E-state index in [1.807, 2.05) is 6.07 Å². The number of benzene rings is 1. The van der Waals surface area contributed by atoms with Gasteiger partial charge in [0.25, 0.3) is 0 Å². The summed E-state index contributed by atoms with van der Waals surface area (Å²) in [5.41, 5.74) is 3.55. The Morgan fingerprint density at radius 2 is 1.94 bits per heavy atom. The second-order valence-corrected chi connectivity index (χ2v) is 5.82. The van der Waals surface area contributed by atoms with Crippen molar-refractivity contribution < 1.29 is 4.79 Å². The SMILES string of the molecule is CCc1ccc(C(=O)Cc2cc(C)ccc2C)s1. The van der Waals surface area contributed by atoms with Crippen molar-refractivity contribution in [2.45, 2.75) is 33.6 Å². The molecule has 1 aromatic heterocycles. The average molecular weight is 258 g/mol. The zero-order chi connectivity index (χ0) is 13.1. The first kappa shape index (κ1) is 13.0. The predicted molar refractivity (Wildman–Crippen MR) is 77.6 cm³/mol. The van der Waals surface area contributed by atoms with E-state index < -0.39 is 0 Å². The molecule has 0 spiro atoms. The Kier molecular flexibility index (Phi) is 3.97. The van der Waals surface area contributed by atoms with Crippen molar-refractivity contribution in [1.29, 1.82) is 0 Å². The van der Waals surface area contributed by atoms with Crippen LogP contribution in [0.4, 0.5) is 0 Å². The zero-order valence-electron chi connectivity index (χ0n) is 11.1. The van der Waals surface area contributed by atoms with Crippen LogP contribution < -0.4 is 0 Å². The van der Waals surface area contributed by atoms with Crippen LogP contribution in [0.2, 0.25) is 0 Å². The summed E-state index contributed by atoms with van der Waals surface area (Å²) in [5, 5.41) is 0. The van der Waals surface area contributed by atoms with Gasteiger partial charge >= 0.3 is 0 Å². The van der Waals surface area contributed by atoms with E-state index in [0.717, 1.165) is 16.9 Å². The smallest absolute Gasteiger partial charge is 0.177 e. The maximum Gasteiger partial charge on any atom is 0.177 e. The third-order valence-corrected chi connectivity index (χ3v) is 4.41. The van der Waals surface area contributed by atoms with Gasteiger partial charge in [0.1, 0.15) is 0 Å². The molecule has 1 aromatic carbocycles. The number of carbonyl (C=O) groups excluding carboxylic acids is 1. The van der Waals surface area contributed by atoms with Gasteiger partial charge in [0, 0.05) is 11.3 Å². The number of hydrogen-bond acceptors (Lipinski definition) is 2. The maximum absolute atomic E-state index is 12.2. The molecule has 2 heteroatoms. The molecule has 0 N–H and O–H groups in total. The first-order chi connectivity index (χ1) is 8.60. The van der Waals surface area contributed by atoms with E-state index >= 15 is 0 Å². The Hall–Kier alpha value is -1.41. The minimum atomic E-state index is 0.230. The summed E-state index contributed by atoms with van der Waals surface area (Å²) in [6.45, 7) is 6.24. The van der Waals surface area contributed by atoms with E-state index in [2.05, 4.69) is 45.0 Å². The van der Waals surface area contributed by atoms with E-state index in [1.54, 1.807) is 11.3 Å². The van der Waals surface area contributed by atoms with Crippen LogP contribution in [0.3, 0.4) is 0 Å². The molecule has 1 nitrogen and oxygen atoms in total. The van der Waals surface area contributed by atoms with Crippen LogP contribution in [0.5, 0.6) is 0 Å². The fourth-order valence-electron chi connectivity index (χ4n) is 1.97. The Labute approximate surface area is 112 Å². The highest BCUT2D eigenvalue weighted by molar-refractivity contribution is 7.14. The topological polar surface area (TPSA) is 17.1 Å². The molecule has 0 aliphatic carbocycles. The quantitative estimate of drug-likeness (QED) is 0.745. The molecule has 0 unspecified atom stereocenters. The van der Waals surface area contributed by atoms with E-state index in [-0.39, 0.29) is 5.78 Å². The van der Waals surface area contributed by atoms with Crippen molar-refractivity contribution in [3.8, 4) is 0 Å². The zero-order valence-corrected chi connectivity index (χ0v) is 11.9. The Bertz CT molecular complexity index is 566. The lowest BCUT2D eigenvalue weighted by Crippen LogP contribution is -2.03. The van der Waals surface area contributed by atoms with Crippen LogP contribution in [0.25, 0.3) is 0 Å². The van der Waals surface area contributed by atoms with Crippen molar-refractivity contribution in [3.05, 3.63) is 56.8 Å². The van der Waals surface area contributed by atoms with Crippen molar-refractivity contribution in [2.75, 3.05) is 0 Å². The van der Waals surface area contributed by atoms with Gasteiger partial charge in [0.15, 0.2) is 5.78 Å². The minimum absolute atomic E-state index is 0.230. The molecular weight excluding hydrogens is 240 g/mol. The predicted octanol–water partition coefficient (Wildman–Crippen LogP) is 4.35. The molecule has 0 amide bonds. The van der Waals surface area contributed by atoms with Gasteiger partial charge in [0.2, 0.25) is 0 Å². The fourth-order valence-corrected chi connectivity index (χ4v) is 2.85. The third-order valence-electron chi connectivity index (χ3n) is 3.14. The van der Waals surface area contributed by atoms with Gasteiger partial charge in [-0.3, -0.25) is 4.79 Å². The van der Waals surface area contributed by atoms with E-state index in [9.17, 15) is 4.79 Å². The molecule has 18 heavy (non-hydrogen) atoms. The largest absolute Gasteiger partial charge is 0.293 e. The Morgan fingerprint density at radius 1 is 1.17 bits per heavy atom. The van der Waals surface area contributed by atoms with Crippen LogP contribution in [-0.4, -0.2) is 5.78 Å². The summed E-state index contributed by atoms with van der Waals surface area (Å²) in [7, 11) is 0. The van der Waals surface area contributed by atoms with Gasteiger partial charge in [-0.25, -0.2) is 0 Å². The van der Waals surface area contributed by atoms with Crippen molar-refractivity contribution >= 4 is 17.1 Å². The van der Waals surface area contributed by atoms with Crippen LogP contribution in [0, 0.1) is 13.8 Å². The summed E-state index contributed by atoms with van der Waals surface area (Å²) in [6, 6.07) is 10.3. The number of aryl methyl sites for hydroxylation is 3. The maximum atomic E-state index is 12.2. The second kappa shape index (κ2) is 5.49. The minimum Gasteiger partial charge on any atom is -0.293 e. The molecule has 0 radical (unpaired) electrons. The van der Waals surface area contributed by atoms with Crippen molar-refractivity contribution in [1.82, 2.24) is 0 Å². The Morgan fingerprint density at radius 3 is 2.61 bits per heavy atom. The molecule has 0 fully saturated rings. The lowest BCUT2D eigenvalue weighted by atomic mass is 10.0. The molecule has 1 heterocycles. The standard InChI is InChI=1S/C16H18OS/c1-4-14-7-8-16(18-14)15(17)10-13-9-11(2)5-6-12(13)3/h5-9H,4,10H2,1-3H3. The summed E-state index contributed by atoms with van der Waals surface area (Å²) in [5.74, 6) is 0.230. The van der Waals surface area contributed by atoms with E-state index in [0.29, 0.717) is 6.42 Å². The van der Waals surface area contributed by atoms with Gasteiger partial charge in [-0.1, -0.05) is 30.7 Å². The number of hydrogen-bond donors (Lipinski definition) is 0. The number of carbonyl (C=O) groups is 1. The van der Waals surface area contributed by atoms with Gasteiger partial charge in [-0.15, -0.1) is 11.3 Å². The molecular formula is C16H18OS. The van der Waals surface area contributed by atoms with Crippen molar-refractivity contribution in [2.24, 2.45) is 0 Å². The molecule has 94 valence electrons. The highest BCUT2D eigenvalue weighted by Crippen LogP contribution is 2.20. The van der Waals surface area contributed by atoms with Crippen LogP contribution in [-0.2, 0) is 12.8 Å². The van der Waals surface area contributed by atoms with Crippen LogP contribution >= 0.6 is 11.3 Å². The highest BCUT2D eigenvalue weighted by Gasteiger charge is 2.11. The Balaban J connectivity index is 2.18. The average Bonchev–Trinajstić information content (AvgIpc) is 2.82. The molecule has 0 aliphatic heterocycles. The van der Waals surface area contributed by atoms with Crippen molar-refractivity contribution in [3.63, 3.8) is 0 Å². The molecule has 0 saturated carbocycles. The normalized spacial score (nSPS) is 10.6. The van der Waals surface area contributed by atoms with Gasteiger partial charge < -0.3 is 0 Å². The number of Topliss-reactive ketones (excluding diaryl/α,β-unsaturated/α-hetero) is 1. The number of thiophene rings is 1. The third kappa shape index (κ3) is 2.88. The van der Waals surface area contributed by atoms with E-state index in [4.69, 9.17) is 0 Å². The first-order valence-corrected chi connectivity index (χ1v) is 7.10. The summed E-state index contributed by atoms with van der Waals surface area (Å²) in [4.78, 5) is 14.4. The molecule has 0 bridgehead atoms. The lowest BCUT2D eigenvalue weighted by molar-refractivity contribution is 0.0996. The molecule has 0 saturated heterocycles. The summed E-state index contributed by atoms with van der Waals surface area (Å²) < 4.78 is 0. The second-order valence-electron chi connectivity index (χ2n) is 4.65. The fraction of sp³-hybridized carbons (Fsp3) is 0.312. The molecule has 0 atom stereocenters. The molecule has 0 aliphatic rings. The first-order valence-electron chi connectivity index (χ1n) is 6.28. The van der Waals surface area contributed by atoms with Gasteiger partial charge in [0.05, 0.1) is 4.88 Å². The number of rotatable bonds is 4. The summed E-state index contributed by atoms with van der Waals surface area (Å²) in [6.07, 6.45) is 1.51. The van der Waals surface area contributed by atoms with Crippen LogP contribution in [0.1, 0.15) is 38.2 Å². The van der Waals surface area contributed by atoms with Gasteiger partial charge in [-0.2, -0.15) is 0 Å². The van der Waals surface area contributed by atoms with Gasteiger partial charge in [-0.05, 0) is 43.5 Å².